The van der Waals surface area contributed by atoms with Gasteiger partial charge in [-0.2, -0.15) is 0 Å². The molecule has 3 rings (SSSR count). The summed E-state index contributed by atoms with van der Waals surface area (Å²) in [5.74, 6) is -0.274. The number of benzene rings is 1. The highest BCUT2D eigenvalue weighted by molar-refractivity contribution is 6.33. The van der Waals surface area contributed by atoms with E-state index in [2.05, 4.69) is 0 Å². The second kappa shape index (κ2) is 7.70. The second-order valence-corrected chi connectivity index (χ2v) is 6.26. The Morgan fingerprint density at radius 2 is 1.80 bits per heavy atom. The molecule has 0 aliphatic carbocycles. The molecular formula is C18H18ClFN2O3. The SMILES string of the molecule is O=C(CCc1ccco1)N1CCN(C(=O)c2c(F)cccc2Cl)CC1. The van der Waals surface area contributed by atoms with Crippen LogP contribution < -0.4 is 0 Å². The molecule has 1 aromatic carbocycles. The van der Waals surface area contributed by atoms with Gasteiger partial charge in [-0.15, -0.1) is 0 Å². The van der Waals surface area contributed by atoms with Crippen molar-refractivity contribution in [3.63, 3.8) is 0 Å². The van der Waals surface area contributed by atoms with Gasteiger partial charge in [0.15, 0.2) is 0 Å². The molecule has 1 aliphatic rings. The van der Waals surface area contributed by atoms with E-state index in [1.165, 1.54) is 23.1 Å². The number of halogens is 2. The highest BCUT2D eigenvalue weighted by Gasteiger charge is 2.27. The molecular weight excluding hydrogens is 347 g/mol. The maximum atomic E-state index is 13.9. The molecule has 25 heavy (non-hydrogen) atoms. The normalized spacial score (nSPS) is 14.6. The molecule has 5 nitrogen and oxygen atoms in total. The lowest BCUT2D eigenvalue weighted by Crippen LogP contribution is -2.50. The average Bonchev–Trinajstić information content (AvgIpc) is 3.13. The van der Waals surface area contributed by atoms with E-state index < -0.39 is 11.7 Å². The molecule has 0 N–H and O–H groups in total. The Morgan fingerprint density at radius 1 is 1.08 bits per heavy atom. The fraction of sp³-hybridized carbons (Fsp3) is 0.333. The van der Waals surface area contributed by atoms with Gasteiger partial charge in [-0.25, -0.2) is 4.39 Å². The minimum Gasteiger partial charge on any atom is -0.469 e. The van der Waals surface area contributed by atoms with E-state index in [1.54, 1.807) is 17.2 Å². The monoisotopic (exact) mass is 364 g/mol. The number of hydrogen-bond donors (Lipinski definition) is 0. The van der Waals surface area contributed by atoms with Crippen LogP contribution in [0.5, 0.6) is 0 Å². The van der Waals surface area contributed by atoms with Crippen molar-refractivity contribution < 1.29 is 18.4 Å². The Balaban J connectivity index is 1.54. The molecule has 0 bridgehead atoms. The summed E-state index contributed by atoms with van der Waals surface area (Å²) in [7, 11) is 0. The number of carbonyl (C=O) groups excluding carboxylic acids is 2. The molecule has 7 heteroatoms. The Labute approximate surface area is 150 Å². The van der Waals surface area contributed by atoms with Crippen LogP contribution in [0.3, 0.4) is 0 Å². The first kappa shape index (κ1) is 17.5. The van der Waals surface area contributed by atoms with Crippen LogP contribution in [0.4, 0.5) is 4.39 Å². The van der Waals surface area contributed by atoms with Gasteiger partial charge in [0.2, 0.25) is 5.91 Å². The molecule has 2 aromatic rings. The summed E-state index contributed by atoms with van der Waals surface area (Å²) >= 11 is 5.95. The maximum Gasteiger partial charge on any atom is 0.258 e. The number of hydrogen-bond acceptors (Lipinski definition) is 3. The third-order valence-corrected chi connectivity index (χ3v) is 4.58. The van der Waals surface area contributed by atoms with Crippen LogP contribution in [0.25, 0.3) is 0 Å². The molecule has 0 saturated carbocycles. The van der Waals surface area contributed by atoms with Gasteiger partial charge in [-0.1, -0.05) is 17.7 Å². The molecule has 0 radical (unpaired) electrons. The molecule has 2 heterocycles. The fourth-order valence-electron chi connectivity index (χ4n) is 2.86. The molecule has 1 saturated heterocycles. The molecule has 132 valence electrons. The summed E-state index contributed by atoms with van der Waals surface area (Å²) in [6.45, 7) is 1.57. The van der Waals surface area contributed by atoms with Crippen molar-refractivity contribution in [3.05, 3.63) is 58.8 Å². The van der Waals surface area contributed by atoms with Gasteiger partial charge in [-0.3, -0.25) is 9.59 Å². The third kappa shape index (κ3) is 4.02. The Kier molecular flexibility index (Phi) is 5.38. The quantitative estimate of drug-likeness (QED) is 0.838. The number of furan rings is 1. The van der Waals surface area contributed by atoms with E-state index >= 15 is 0 Å². The summed E-state index contributed by atoms with van der Waals surface area (Å²) in [5.41, 5.74) is -0.109. The largest absolute Gasteiger partial charge is 0.469 e. The first-order chi connectivity index (χ1) is 12.1. The lowest BCUT2D eigenvalue weighted by Gasteiger charge is -2.35. The van der Waals surface area contributed by atoms with E-state index in [9.17, 15) is 14.0 Å². The van der Waals surface area contributed by atoms with Crippen molar-refractivity contribution >= 4 is 23.4 Å². The van der Waals surface area contributed by atoms with Gasteiger partial charge in [0.05, 0.1) is 16.8 Å². The minimum atomic E-state index is -0.630. The smallest absolute Gasteiger partial charge is 0.258 e. The van der Waals surface area contributed by atoms with E-state index in [0.29, 0.717) is 39.0 Å². The molecule has 0 unspecified atom stereocenters. The first-order valence-corrected chi connectivity index (χ1v) is 8.47. The van der Waals surface area contributed by atoms with Crippen LogP contribution in [0.15, 0.2) is 41.0 Å². The minimum absolute atomic E-state index is 0.0208. The summed E-state index contributed by atoms with van der Waals surface area (Å²) in [5, 5.41) is 0.0990. The third-order valence-electron chi connectivity index (χ3n) is 4.26. The average molecular weight is 365 g/mol. The predicted molar refractivity (Wildman–Crippen MR) is 90.9 cm³/mol. The Bertz CT molecular complexity index is 735. The number of piperazine rings is 1. The molecule has 0 spiro atoms. The van der Waals surface area contributed by atoms with E-state index in [-0.39, 0.29) is 16.5 Å². The zero-order chi connectivity index (χ0) is 17.8. The van der Waals surface area contributed by atoms with Crippen molar-refractivity contribution in [2.24, 2.45) is 0 Å². The van der Waals surface area contributed by atoms with Crippen molar-refractivity contribution in [1.29, 1.82) is 0 Å². The molecule has 2 amide bonds. The highest BCUT2D eigenvalue weighted by Crippen LogP contribution is 2.21. The van der Waals surface area contributed by atoms with Crippen molar-refractivity contribution in [2.45, 2.75) is 12.8 Å². The summed E-state index contributed by atoms with van der Waals surface area (Å²) in [6.07, 6.45) is 2.49. The summed E-state index contributed by atoms with van der Waals surface area (Å²) in [6, 6.07) is 7.80. The molecule has 1 aromatic heterocycles. The number of aryl methyl sites for hydroxylation is 1. The van der Waals surface area contributed by atoms with Crippen LogP contribution in [0.2, 0.25) is 5.02 Å². The van der Waals surface area contributed by atoms with Crippen LogP contribution in [-0.2, 0) is 11.2 Å². The standard InChI is InChI=1S/C18H18ClFN2O3/c19-14-4-1-5-15(20)17(14)18(24)22-10-8-21(9-11-22)16(23)7-6-13-3-2-12-25-13/h1-5,12H,6-11H2. The zero-order valence-electron chi connectivity index (χ0n) is 13.6. The Hall–Kier alpha value is -2.34. The Morgan fingerprint density at radius 3 is 2.44 bits per heavy atom. The molecule has 0 atom stereocenters. The van der Waals surface area contributed by atoms with E-state index in [0.717, 1.165) is 5.76 Å². The fourth-order valence-corrected chi connectivity index (χ4v) is 3.11. The predicted octanol–water partition coefficient (Wildman–Crippen LogP) is 2.99. The number of rotatable bonds is 4. The first-order valence-electron chi connectivity index (χ1n) is 8.09. The number of amides is 2. The van der Waals surface area contributed by atoms with Crippen LogP contribution in [0.1, 0.15) is 22.5 Å². The van der Waals surface area contributed by atoms with Gasteiger partial charge < -0.3 is 14.2 Å². The van der Waals surface area contributed by atoms with Crippen LogP contribution in [-0.4, -0.2) is 47.8 Å². The zero-order valence-corrected chi connectivity index (χ0v) is 14.3. The van der Waals surface area contributed by atoms with Gasteiger partial charge >= 0.3 is 0 Å². The van der Waals surface area contributed by atoms with Crippen molar-refractivity contribution in [1.82, 2.24) is 9.80 Å². The van der Waals surface area contributed by atoms with Crippen molar-refractivity contribution in [3.8, 4) is 0 Å². The second-order valence-electron chi connectivity index (χ2n) is 5.85. The lowest BCUT2D eigenvalue weighted by molar-refractivity contribution is -0.132. The van der Waals surface area contributed by atoms with Gasteiger partial charge in [0.1, 0.15) is 11.6 Å². The van der Waals surface area contributed by atoms with Gasteiger partial charge in [0.25, 0.3) is 5.91 Å². The summed E-state index contributed by atoms with van der Waals surface area (Å²) in [4.78, 5) is 28.0. The van der Waals surface area contributed by atoms with Crippen LogP contribution >= 0.6 is 11.6 Å². The van der Waals surface area contributed by atoms with Gasteiger partial charge in [0, 0.05) is 39.0 Å². The topological polar surface area (TPSA) is 53.8 Å². The highest BCUT2D eigenvalue weighted by atomic mass is 35.5. The van der Waals surface area contributed by atoms with Crippen molar-refractivity contribution in [2.75, 3.05) is 26.2 Å². The summed E-state index contributed by atoms with van der Waals surface area (Å²) < 4.78 is 19.1. The number of nitrogens with zero attached hydrogens (tertiary/aromatic N) is 2. The van der Waals surface area contributed by atoms with Gasteiger partial charge in [-0.05, 0) is 24.3 Å². The maximum absolute atomic E-state index is 13.9. The lowest BCUT2D eigenvalue weighted by atomic mass is 10.1. The van der Waals surface area contributed by atoms with Crippen LogP contribution in [0, 0.1) is 5.82 Å². The molecule has 1 fully saturated rings. The van der Waals surface area contributed by atoms with E-state index in [4.69, 9.17) is 16.0 Å². The number of carbonyl (C=O) groups is 2. The molecule has 1 aliphatic heterocycles. The van der Waals surface area contributed by atoms with E-state index in [1.807, 2.05) is 6.07 Å².